The van der Waals surface area contributed by atoms with Crippen molar-refractivity contribution in [3.8, 4) is 17.1 Å². The van der Waals surface area contributed by atoms with Gasteiger partial charge in [-0.1, -0.05) is 85.5 Å². The summed E-state index contributed by atoms with van der Waals surface area (Å²) in [4.78, 5) is 14.1. The van der Waals surface area contributed by atoms with E-state index in [1.807, 2.05) is 44.2 Å². The number of rotatable bonds is 5. The first kappa shape index (κ1) is 20.6. The van der Waals surface area contributed by atoms with Gasteiger partial charge >= 0.3 is 0 Å². The van der Waals surface area contributed by atoms with E-state index in [1.54, 1.807) is 6.08 Å². The third-order valence-electron chi connectivity index (χ3n) is 5.66. The first-order valence-electron chi connectivity index (χ1n) is 11.0. The van der Waals surface area contributed by atoms with Crippen LogP contribution in [-0.4, -0.2) is 19.5 Å². The standard InChI is InChI=1S/C29H24N4/c1-4-6-12-21(5-2)28-30-20(3)31-29(32-28)33-26-16-11-10-15-24(26)25-19-23(17-18-27(25)33)22-13-8-7-9-14-22/h4-19H,2H2,1,3H3/b6-4-,21-12+. The highest BCUT2D eigenvalue weighted by atomic mass is 15.2. The molecule has 0 amide bonds. The average Bonchev–Trinajstić information content (AvgIpc) is 3.18. The van der Waals surface area contributed by atoms with Crippen LogP contribution in [-0.2, 0) is 0 Å². The van der Waals surface area contributed by atoms with Crippen molar-refractivity contribution in [1.29, 1.82) is 0 Å². The molecular formula is C29H24N4. The molecule has 160 valence electrons. The number of aromatic nitrogens is 4. The molecule has 4 heteroatoms. The number of para-hydroxylation sites is 1. The van der Waals surface area contributed by atoms with E-state index in [1.165, 1.54) is 21.9 Å². The molecule has 5 aromatic rings. The maximum absolute atomic E-state index is 4.85. The van der Waals surface area contributed by atoms with Gasteiger partial charge in [0.1, 0.15) is 5.82 Å². The van der Waals surface area contributed by atoms with Crippen LogP contribution in [0, 0.1) is 6.92 Å². The molecule has 0 spiro atoms. The van der Waals surface area contributed by atoms with Crippen LogP contribution in [0.3, 0.4) is 0 Å². The summed E-state index contributed by atoms with van der Waals surface area (Å²) in [5, 5.41) is 2.33. The molecule has 4 nitrogen and oxygen atoms in total. The molecule has 0 saturated heterocycles. The summed E-state index contributed by atoms with van der Waals surface area (Å²) in [6.45, 7) is 7.81. The van der Waals surface area contributed by atoms with Gasteiger partial charge in [-0.3, -0.25) is 4.57 Å². The third-order valence-corrected chi connectivity index (χ3v) is 5.66. The summed E-state index contributed by atoms with van der Waals surface area (Å²) in [6.07, 6.45) is 7.66. The molecule has 2 heterocycles. The Kier molecular flexibility index (Phi) is 5.41. The van der Waals surface area contributed by atoms with E-state index in [9.17, 15) is 0 Å². The molecule has 0 radical (unpaired) electrons. The van der Waals surface area contributed by atoms with Gasteiger partial charge in [-0.15, -0.1) is 0 Å². The van der Waals surface area contributed by atoms with Gasteiger partial charge in [-0.2, -0.15) is 9.97 Å². The second kappa shape index (κ2) is 8.67. The number of fused-ring (bicyclic) bond motifs is 3. The second-order valence-corrected chi connectivity index (χ2v) is 7.81. The van der Waals surface area contributed by atoms with Gasteiger partial charge in [0.05, 0.1) is 11.0 Å². The fourth-order valence-corrected chi connectivity index (χ4v) is 4.13. The van der Waals surface area contributed by atoms with Crippen LogP contribution in [0.1, 0.15) is 18.6 Å². The van der Waals surface area contributed by atoms with Crippen molar-refractivity contribution in [3.05, 3.63) is 115 Å². The van der Waals surface area contributed by atoms with Crippen molar-refractivity contribution < 1.29 is 0 Å². The van der Waals surface area contributed by atoms with Gasteiger partial charge < -0.3 is 0 Å². The minimum Gasteiger partial charge on any atom is -0.278 e. The topological polar surface area (TPSA) is 43.6 Å². The quantitative estimate of drug-likeness (QED) is 0.281. The molecule has 33 heavy (non-hydrogen) atoms. The number of nitrogens with zero attached hydrogens (tertiary/aromatic N) is 4. The van der Waals surface area contributed by atoms with Gasteiger partial charge in [-0.25, -0.2) is 4.98 Å². The largest absolute Gasteiger partial charge is 0.278 e. The molecule has 0 saturated carbocycles. The lowest BCUT2D eigenvalue weighted by Gasteiger charge is -2.09. The molecule has 0 bridgehead atoms. The maximum Gasteiger partial charge on any atom is 0.238 e. The Balaban J connectivity index is 1.77. The van der Waals surface area contributed by atoms with E-state index < -0.39 is 0 Å². The zero-order chi connectivity index (χ0) is 22.8. The van der Waals surface area contributed by atoms with Crippen molar-refractivity contribution >= 4 is 27.4 Å². The van der Waals surface area contributed by atoms with Crippen molar-refractivity contribution in [3.63, 3.8) is 0 Å². The molecule has 0 N–H and O–H groups in total. The molecule has 0 fully saturated rings. The summed E-state index contributed by atoms with van der Waals surface area (Å²) in [5.41, 5.74) is 5.35. The number of benzene rings is 3. The first-order valence-corrected chi connectivity index (χ1v) is 11.0. The van der Waals surface area contributed by atoms with Crippen molar-refractivity contribution in [2.75, 3.05) is 0 Å². The summed E-state index contributed by atoms with van der Waals surface area (Å²) in [6, 6.07) is 25.4. The maximum atomic E-state index is 4.85. The average molecular weight is 429 g/mol. The third kappa shape index (κ3) is 3.76. The van der Waals surface area contributed by atoms with E-state index in [0.717, 1.165) is 16.6 Å². The molecule has 0 aliphatic heterocycles. The highest BCUT2D eigenvalue weighted by Crippen LogP contribution is 2.34. The Morgan fingerprint density at radius 3 is 2.36 bits per heavy atom. The molecule has 3 aromatic carbocycles. The van der Waals surface area contributed by atoms with Crippen LogP contribution in [0.2, 0.25) is 0 Å². The van der Waals surface area contributed by atoms with Crippen molar-refractivity contribution in [2.24, 2.45) is 0 Å². The smallest absolute Gasteiger partial charge is 0.238 e. The van der Waals surface area contributed by atoms with Crippen LogP contribution in [0.5, 0.6) is 0 Å². The number of allylic oxidation sites excluding steroid dienone is 5. The zero-order valence-corrected chi connectivity index (χ0v) is 18.7. The monoisotopic (exact) mass is 428 g/mol. The van der Waals surface area contributed by atoms with Gasteiger partial charge in [0.25, 0.3) is 0 Å². The lowest BCUT2D eigenvalue weighted by Crippen LogP contribution is -2.07. The molecule has 2 aromatic heterocycles. The van der Waals surface area contributed by atoms with E-state index in [-0.39, 0.29) is 0 Å². The van der Waals surface area contributed by atoms with Crippen LogP contribution in [0.25, 0.3) is 44.5 Å². The SMILES string of the molecule is C=C/C(=C\C=C/C)c1nc(C)nc(-n2c3ccccc3c3cc(-c4ccccc4)ccc32)n1. The first-order chi connectivity index (χ1) is 16.2. The highest BCUT2D eigenvalue weighted by Gasteiger charge is 2.16. The minimum atomic E-state index is 0.601. The summed E-state index contributed by atoms with van der Waals surface area (Å²) >= 11 is 0. The van der Waals surface area contributed by atoms with Crippen LogP contribution in [0.4, 0.5) is 0 Å². The number of hydrogen-bond acceptors (Lipinski definition) is 3. The number of hydrogen-bond donors (Lipinski definition) is 0. The second-order valence-electron chi connectivity index (χ2n) is 7.81. The molecule has 0 aliphatic rings. The predicted octanol–water partition coefficient (Wildman–Crippen LogP) is 7.09. The Morgan fingerprint density at radius 1 is 0.818 bits per heavy atom. The Morgan fingerprint density at radius 2 is 1.58 bits per heavy atom. The number of aryl methyl sites for hydroxylation is 1. The zero-order valence-electron chi connectivity index (χ0n) is 18.7. The van der Waals surface area contributed by atoms with Gasteiger partial charge in [0.15, 0.2) is 5.82 Å². The lowest BCUT2D eigenvalue weighted by molar-refractivity contribution is 0.887. The van der Waals surface area contributed by atoms with Crippen LogP contribution < -0.4 is 0 Å². The Hall–Kier alpha value is -4.31. The van der Waals surface area contributed by atoms with E-state index in [2.05, 4.69) is 76.8 Å². The minimum absolute atomic E-state index is 0.601. The van der Waals surface area contributed by atoms with Crippen molar-refractivity contribution in [1.82, 2.24) is 19.5 Å². The van der Waals surface area contributed by atoms with Gasteiger partial charge in [-0.05, 0) is 43.2 Å². The van der Waals surface area contributed by atoms with E-state index in [0.29, 0.717) is 17.6 Å². The molecule has 5 rings (SSSR count). The van der Waals surface area contributed by atoms with Gasteiger partial charge in [0.2, 0.25) is 5.95 Å². The predicted molar refractivity (Wildman–Crippen MR) is 137 cm³/mol. The van der Waals surface area contributed by atoms with E-state index >= 15 is 0 Å². The van der Waals surface area contributed by atoms with E-state index in [4.69, 9.17) is 9.97 Å². The fourth-order valence-electron chi connectivity index (χ4n) is 4.13. The summed E-state index contributed by atoms with van der Waals surface area (Å²) in [5.74, 6) is 1.87. The van der Waals surface area contributed by atoms with Crippen molar-refractivity contribution in [2.45, 2.75) is 13.8 Å². The Labute approximate surface area is 193 Å². The molecule has 0 aliphatic carbocycles. The summed E-state index contributed by atoms with van der Waals surface area (Å²) in [7, 11) is 0. The van der Waals surface area contributed by atoms with Crippen LogP contribution >= 0.6 is 0 Å². The Bertz CT molecular complexity index is 1540. The van der Waals surface area contributed by atoms with Gasteiger partial charge in [0, 0.05) is 16.3 Å². The normalized spacial score (nSPS) is 12.1. The van der Waals surface area contributed by atoms with Crippen LogP contribution in [0.15, 0.2) is 104 Å². The summed E-state index contributed by atoms with van der Waals surface area (Å²) < 4.78 is 2.12. The molecule has 0 atom stereocenters. The molecular weight excluding hydrogens is 404 g/mol. The lowest BCUT2D eigenvalue weighted by atomic mass is 10.0. The fraction of sp³-hybridized carbons (Fsp3) is 0.0690. The molecule has 0 unspecified atom stereocenters. The highest BCUT2D eigenvalue weighted by molar-refractivity contribution is 6.10.